The Bertz CT molecular complexity index is 361. The minimum Gasteiger partial charge on any atom is -0.258 e. The van der Waals surface area contributed by atoms with E-state index in [1.165, 1.54) is 0 Å². The largest absolute Gasteiger partial charge is 0.279 e. The van der Waals surface area contributed by atoms with Gasteiger partial charge in [-0.1, -0.05) is 28.1 Å². The summed E-state index contributed by atoms with van der Waals surface area (Å²) in [5.41, 5.74) is 1.45. The van der Waals surface area contributed by atoms with E-state index in [1.807, 2.05) is 0 Å². The Labute approximate surface area is 84.4 Å². The first-order valence-corrected chi connectivity index (χ1v) is 4.59. The van der Waals surface area contributed by atoms with E-state index in [-0.39, 0.29) is 10.6 Å². The fourth-order valence-corrected chi connectivity index (χ4v) is 1.42. The number of nitro groups is 1. The highest BCUT2D eigenvalue weighted by molar-refractivity contribution is 9.11. The number of hydrogen-bond donors (Lipinski definition) is 0. The lowest BCUT2D eigenvalue weighted by atomic mass is 10.1. The molecule has 0 heterocycles. The van der Waals surface area contributed by atoms with Crippen LogP contribution in [0, 0.1) is 17.0 Å². The number of nitro benzene ring substituents is 1. The molecule has 0 N–H and O–H groups in total. The lowest BCUT2D eigenvalue weighted by Crippen LogP contribution is -1.94. The van der Waals surface area contributed by atoms with Crippen molar-refractivity contribution in [1.82, 2.24) is 0 Å². The van der Waals surface area contributed by atoms with E-state index in [0.29, 0.717) is 11.1 Å². The number of halogens is 1. The summed E-state index contributed by atoms with van der Waals surface area (Å²) in [5.74, 6) is 0. The van der Waals surface area contributed by atoms with Gasteiger partial charge < -0.3 is 0 Å². The van der Waals surface area contributed by atoms with E-state index in [1.54, 1.807) is 36.2 Å². The van der Waals surface area contributed by atoms with E-state index in [2.05, 4.69) is 15.9 Å². The Kier molecular flexibility index (Phi) is 3.19. The third kappa shape index (κ3) is 2.15. The summed E-state index contributed by atoms with van der Waals surface area (Å²) in [6.45, 7) is 1.73. The van der Waals surface area contributed by atoms with E-state index in [9.17, 15) is 10.1 Å². The second kappa shape index (κ2) is 4.18. The zero-order chi connectivity index (χ0) is 9.84. The maximum Gasteiger partial charge on any atom is 0.279 e. The molecule has 0 aliphatic rings. The van der Waals surface area contributed by atoms with Crippen LogP contribution in [-0.2, 0) is 0 Å². The van der Waals surface area contributed by atoms with Crippen molar-refractivity contribution in [2.24, 2.45) is 0 Å². The van der Waals surface area contributed by atoms with Gasteiger partial charge in [0.2, 0.25) is 0 Å². The number of para-hydroxylation sites is 1. The van der Waals surface area contributed by atoms with E-state index < -0.39 is 0 Å². The molecule has 0 bridgehead atoms. The molecular weight excluding hydrogens is 234 g/mol. The maximum atomic E-state index is 10.7. The van der Waals surface area contributed by atoms with Gasteiger partial charge in [-0.05, 0) is 24.1 Å². The van der Waals surface area contributed by atoms with Gasteiger partial charge in [0, 0.05) is 5.56 Å². The van der Waals surface area contributed by atoms with Crippen molar-refractivity contribution in [1.29, 1.82) is 0 Å². The van der Waals surface area contributed by atoms with Gasteiger partial charge in [-0.25, -0.2) is 0 Å². The molecule has 0 aliphatic heterocycles. The molecule has 68 valence electrons. The Morgan fingerprint density at radius 3 is 2.77 bits per heavy atom. The van der Waals surface area contributed by atoms with Crippen molar-refractivity contribution in [3.05, 3.63) is 44.4 Å². The highest BCUT2D eigenvalue weighted by Crippen LogP contribution is 2.24. The molecule has 0 fully saturated rings. The number of hydrogen-bond acceptors (Lipinski definition) is 2. The third-order valence-corrected chi connectivity index (χ3v) is 1.96. The van der Waals surface area contributed by atoms with Crippen LogP contribution in [-0.4, -0.2) is 4.92 Å². The molecule has 0 aliphatic carbocycles. The molecule has 0 radical (unpaired) electrons. The van der Waals surface area contributed by atoms with Crippen molar-refractivity contribution in [3.8, 4) is 0 Å². The average Bonchev–Trinajstić information content (AvgIpc) is 2.04. The minimum absolute atomic E-state index is 0.165. The molecule has 1 rings (SSSR count). The molecule has 0 saturated heterocycles. The van der Waals surface area contributed by atoms with Gasteiger partial charge in [0.05, 0.1) is 10.5 Å². The SMILES string of the molecule is Cc1cccc(/C=C\Br)c1[N+](=O)[O-]. The van der Waals surface area contributed by atoms with Crippen LogP contribution in [0.4, 0.5) is 5.69 Å². The van der Waals surface area contributed by atoms with Gasteiger partial charge in [-0.15, -0.1) is 0 Å². The lowest BCUT2D eigenvalue weighted by molar-refractivity contribution is -0.385. The molecule has 0 saturated carbocycles. The van der Waals surface area contributed by atoms with Crippen molar-refractivity contribution in [2.75, 3.05) is 0 Å². The minimum atomic E-state index is -0.363. The molecular formula is C9H8BrNO2. The fourth-order valence-electron chi connectivity index (χ4n) is 1.13. The quantitative estimate of drug-likeness (QED) is 0.590. The second-order valence-corrected chi connectivity index (χ2v) is 3.09. The van der Waals surface area contributed by atoms with Crippen molar-refractivity contribution in [3.63, 3.8) is 0 Å². The summed E-state index contributed by atoms with van der Waals surface area (Å²) >= 11 is 3.09. The van der Waals surface area contributed by atoms with Gasteiger partial charge in [0.25, 0.3) is 5.69 Å². The molecule has 0 aromatic heterocycles. The molecule has 3 nitrogen and oxygen atoms in total. The van der Waals surface area contributed by atoms with Crippen molar-refractivity contribution in [2.45, 2.75) is 6.92 Å². The second-order valence-electron chi connectivity index (χ2n) is 2.56. The van der Waals surface area contributed by atoms with E-state index in [4.69, 9.17) is 0 Å². The van der Waals surface area contributed by atoms with Gasteiger partial charge in [-0.2, -0.15) is 0 Å². The lowest BCUT2D eigenvalue weighted by Gasteiger charge is -1.99. The predicted molar refractivity (Wildman–Crippen MR) is 55.8 cm³/mol. The Balaban J connectivity index is 3.34. The van der Waals surface area contributed by atoms with Crippen LogP contribution in [0.3, 0.4) is 0 Å². The van der Waals surface area contributed by atoms with Gasteiger partial charge in [0.1, 0.15) is 0 Å². The summed E-state index contributed by atoms with van der Waals surface area (Å²) in [7, 11) is 0. The summed E-state index contributed by atoms with van der Waals surface area (Å²) in [6.07, 6.45) is 1.66. The molecule has 0 amide bonds. The predicted octanol–water partition coefficient (Wildman–Crippen LogP) is 3.27. The summed E-state index contributed by atoms with van der Waals surface area (Å²) < 4.78 is 0. The van der Waals surface area contributed by atoms with Crippen LogP contribution in [0.1, 0.15) is 11.1 Å². The standard InChI is InChI=1S/C9H8BrNO2/c1-7-3-2-4-8(5-6-10)9(7)11(12)13/h2-6H,1H3/b6-5-. The van der Waals surface area contributed by atoms with Crippen LogP contribution in [0.15, 0.2) is 23.2 Å². The van der Waals surface area contributed by atoms with Crippen molar-refractivity contribution >= 4 is 27.7 Å². The molecule has 13 heavy (non-hydrogen) atoms. The summed E-state index contributed by atoms with van der Waals surface area (Å²) in [5, 5.41) is 10.7. The highest BCUT2D eigenvalue weighted by Gasteiger charge is 2.13. The first kappa shape index (κ1) is 9.92. The first-order valence-electron chi connectivity index (χ1n) is 3.67. The number of aryl methyl sites for hydroxylation is 1. The first-order chi connectivity index (χ1) is 6.16. The van der Waals surface area contributed by atoms with Crippen LogP contribution in [0.25, 0.3) is 6.08 Å². The summed E-state index contributed by atoms with van der Waals surface area (Å²) in [4.78, 5) is 11.9. The van der Waals surface area contributed by atoms with Crippen molar-refractivity contribution < 1.29 is 4.92 Å². The third-order valence-electron chi connectivity index (χ3n) is 1.69. The van der Waals surface area contributed by atoms with Gasteiger partial charge in [-0.3, -0.25) is 10.1 Å². The zero-order valence-electron chi connectivity index (χ0n) is 7.03. The molecule has 1 aromatic carbocycles. The van der Waals surface area contributed by atoms with Crippen LogP contribution in [0.5, 0.6) is 0 Å². The topological polar surface area (TPSA) is 43.1 Å². The monoisotopic (exact) mass is 241 g/mol. The molecule has 0 atom stereocenters. The van der Waals surface area contributed by atoms with Crippen LogP contribution < -0.4 is 0 Å². The maximum absolute atomic E-state index is 10.7. The average molecular weight is 242 g/mol. The zero-order valence-corrected chi connectivity index (χ0v) is 8.61. The van der Waals surface area contributed by atoms with E-state index >= 15 is 0 Å². The molecule has 1 aromatic rings. The normalized spacial score (nSPS) is 10.6. The van der Waals surface area contributed by atoms with Gasteiger partial charge in [0.15, 0.2) is 0 Å². The smallest absolute Gasteiger partial charge is 0.258 e. The number of nitrogens with zero attached hydrogens (tertiary/aromatic N) is 1. The fraction of sp³-hybridized carbons (Fsp3) is 0.111. The number of rotatable bonds is 2. The van der Waals surface area contributed by atoms with Crippen LogP contribution >= 0.6 is 15.9 Å². The number of benzene rings is 1. The Morgan fingerprint density at radius 1 is 1.54 bits per heavy atom. The highest BCUT2D eigenvalue weighted by atomic mass is 79.9. The van der Waals surface area contributed by atoms with Crippen LogP contribution in [0.2, 0.25) is 0 Å². The molecule has 0 spiro atoms. The van der Waals surface area contributed by atoms with E-state index in [0.717, 1.165) is 0 Å². The Morgan fingerprint density at radius 2 is 2.23 bits per heavy atom. The summed E-state index contributed by atoms with van der Waals surface area (Å²) in [6, 6.07) is 5.23. The molecule has 4 heteroatoms. The Hall–Kier alpha value is -1.16. The van der Waals surface area contributed by atoms with Gasteiger partial charge >= 0.3 is 0 Å². The molecule has 0 unspecified atom stereocenters.